The van der Waals surface area contributed by atoms with E-state index in [-0.39, 0.29) is 12.0 Å². The summed E-state index contributed by atoms with van der Waals surface area (Å²) >= 11 is 0. The van der Waals surface area contributed by atoms with Crippen molar-refractivity contribution in [3.05, 3.63) is 23.0 Å². The maximum Gasteiger partial charge on any atom is 0.120 e. The van der Waals surface area contributed by atoms with Crippen LogP contribution in [0.3, 0.4) is 0 Å². The van der Waals surface area contributed by atoms with Gasteiger partial charge in [-0.05, 0) is 30.4 Å². The van der Waals surface area contributed by atoms with Crippen LogP contribution in [0.5, 0.6) is 0 Å². The molecular formula is C16H27N3O. The third-order valence-electron chi connectivity index (χ3n) is 3.48. The highest BCUT2D eigenvalue weighted by Gasteiger charge is 2.18. The summed E-state index contributed by atoms with van der Waals surface area (Å²) in [6, 6.07) is 4.20. The third-order valence-corrected chi connectivity index (χ3v) is 3.48. The zero-order chi connectivity index (χ0) is 15.3. The van der Waals surface area contributed by atoms with E-state index in [1.54, 1.807) is 0 Å². The molecule has 1 rings (SSSR count). The van der Waals surface area contributed by atoms with Gasteiger partial charge in [-0.3, -0.25) is 4.90 Å². The lowest BCUT2D eigenvalue weighted by Gasteiger charge is -2.30. The molecule has 0 aliphatic heterocycles. The van der Waals surface area contributed by atoms with E-state index < -0.39 is 0 Å². The second-order valence-electron chi connectivity index (χ2n) is 6.66. The number of hydrogen-bond acceptors (Lipinski definition) is 3. The molecule has 1 aromatic heterocycles. The first-order valence-electron chi connectivity index (χ1n) is 7.17. The van der Waals surface area contributed by atoms with Gasteiger partial charge in [-0.2, -0.15) is 5.26 Å². The Morgan fingerprint density at radius 1 is 1.40 bits per heavy atom. The normalized spacial score (nSPS) is 11.9. The van der Waals surface area contributed by atoms with Crippen LogP contribution >= 0.6 is 0 Å². The number of nitriles is 1. The molecule has 1 N–H and O–H groups in total. The average molecular weight is 277 g/mol. The number of rotatable bonds is 6. The molecule has 1 heterocycles. The molecule has 0 fully saturated rings. The van der Waals surface area contributed by atoms with Gasteiger partial charge < -0.3 is 9.67 Å². The van der Waals surface area contributed by atoms with Crippen LogP contribution in [0.1, 0.15) is 44.1 Å². The first kappa shape index (κ1) is 16.7. The molecule has 0 saturated heterocycles. The summed E-state index contributed by atoms with van der Waals surface area (Å²) in [5, 5.41) is 18.1. The average Bonchev–Trinajstić information content (AvgIpc) is 2.62. The number of nitrogens with zero attached hydrogens (tertiary/aromatic N) is 3. The van der Waals surface area contributed by atoms with Crippen LogP contribution in [0.15, 0.2) is 6.07 Å². The molecule has 0 aliphatic carbocycles. The summed E-state index contributed by atoms with van der Waals surface area (Å²) in [6.07, 6.45) is 0.785. The molecule has 0 bridgehead atoms. The minimum atomic E-state index is 0.218. The van der Waals surface area contributed by atoms with Gasteiger partial charge in [0.05, 0.1) is 0 Å². The molecule has 0 aromatic carbocycles. The summed E-state index contributed by atoms with van der Waals surface area (Å²) in [5.41, 5.74) is 3.27. The van der Waals surface area contributed by atoms with E-state index >= 15 is 0 Å². The van der Waals surface area contributed by atoms with Gasteiger partial charge in [0, 0.05) is 39.0 Å². The largest absolute Gasteiger partial charge is 0.396 e. The summed E-state index contributed by atoms with van der Waals surface area (Å²) in [6.45, 7) is 11.6. The van der Waals surface area contributed by atoms with E-state index in [1.807, 2.05) is 17.7 Å². The molecule has 0 unspecified atom stereocenters. The Bertz CT molecular complexity index is 477. The Morgan fingerprint density at radius 2 is 2.05 bits per heavy atom. The van der Waals surface area contributed by atoms with Gasteiger partial charge in [-0.15, -0.1) is 0 Å². The van der Waals surface area contributed by atoms with Gasteiger partial charge in [-0.1, -0.05) is 20.8 Å². The van der Waals surface area contributed by atoms with Gasteiger partial charge >= 0.3 is 0 Å². The van der Waals surface area contributed by atoms with Gasteiger partial charge in [0.1, 0.15) is 11.8 Å². The lowest BCUT2D eigenvalue weighted by atomic mass is 9.95. The first-order chi connectivity index (χ1) is 9.28. The van der Waals surface area contributed by atoms with E-state index in [0.29, 0.717) is 5.69 Å². The second-order valence-corrected chi connectivity index (χ2v) is 6.66. The van der Waals surface area contributed by atoms with Crippen LogP contribution in [0.4, 0.5) is 0 Å². The molecule has 0 spiro atoms. The fraction of sp³-hybridized carbons (Fsp3) is 0.688. The van der Waals surface area contributed by atoms with Crippen molar-refractivity contribution < 1.29 is 5.11 Å². The first-order valence-corrected chi connectivity index (χ1v) is 7.17. The Hall–Kier alpha value is -1.31. The van der Waals surface area contributed by atoms with Gasteiger partial charge in [-0.25, -0.2) is 0 Å². The minimum Gasteiger partial charge on any atom is -0.396 e. The quantitative estimate of drug-likeness (QED) is 0.869. The molecule has 0 atom stereocenters. The third kappa shape index (κ3) is 4.66. The van der Waals surface area contributed by atoms with Crippen molar-refractivity contribution in [3.8, 4) is 6.07 Å². The van der Waals surface area contributed by atoms with Crippen molar-refractivity contribution >= 4 is 0 Å². The lowest BCUT2D eigenvalue weighted by molar-refractivity contribution is 0.166. The number of aromatic nitrogens is 1. The van der Waals surface area contributed by atoms with E-state index in [0.717, 1.165) is 31.7 Å². The van der Waals surface area contributed by atoms with Crippen LogP contribution in [0, 0.1) is 23.7 Å². The number of hydrogen-bond donors (Lipinski definition) is 1. The topological polar surface area (TPSA) is 52.2 Å². The number of aliphatic hydroxyl groups excluding tert-OH is 1. The Labute approximate surface area is 122 Å². The van der Waals surface area contributed by atoms with Crippen LogP contribution in [-0.2, 0) is 13.6 Å². The van der Waals surface area contributed by atoms with Crippen molar-refractivity contribution in [3.63, 3.8) is 0 Å². The molecule has 0 saturated carbocycles. The Morgan fingerprint density at radius 3 is 2.50 bits per heavy atom. The van der Waals surface area contributed by atoms with Crippen molar-refractivity contribution in [2.75, 3.05) is 19.7 Å². The lowest BCUT2D eigenvalue weighted by Crippen LogP contribution is -2.33. The van der Waals surface area contributed by atoms with Crippen LogP contribution in [-0.4, -0.2) is 34.3 Å². The smallest absolute Gasteiger partial charge is 0.120 e. The monoisotopic (exact) mass is 277 g/mol. The maximum atomic E-state index is 9.10. The molecule has 4 nitrogen and oxygen atoms in total. The SMILES string of the molecule is Cc1c(CN(CCCO)CC(C)(C)C)cc(C#N)n1C. The Kier molecular flexibility index (Phi) is 5.79. The molecule has 4 heteroatoms. The van der Waals surface area contributed by atoms with Crippen LogP contribution in [0.2, 0.25) is 0 Å². The molecule has 0 aliphatic rings. The zero-order valence-electron chi connectivity index (χ0n) is 13.4. The minimum absolute atomic E-state index is 0.218. The van der Waals surface area contributed by atoms with Crippen LogP contribution in [0.25, 0.3) is 0 Å². The summed E-state index contributed by atoms with van der Waals surface area (Å²) in [4.78, 5) is 2.36. The van der Waals surface area contributed by atoms with Gasteiger partial charge in [0.25, 0.3) is 0 Å². The highest BCUT2D eigenvalue weighted by molar-refractivity contribution is 5.34. The molecule has 0 radical (unpaired) electrons. The second kappa shape index (κ2) is 6.92. The predicted molar refractivity (Wildman–Crippen MR) is 81.3 cm³/mol. The molecule has 20 heavy (non-hydrogen) atoms. The zero-order valence-corrected chi connectivity index (χ0v) is 13.4. The van der Waals surface area contributed by atoms with Crippen molar-refractivity contribution in [1.29, 1.82) is 5.26 Å². The number of aliphatic hydroxyl groups is 1. The Balaban J connectivity index is 2.86. The highest BCUT2D eigenvalue weighted by Crippen LogP contribution is 2.20. The van der Waals surface area contributed by atoms with Crippen molar-refractivity contribution in [2.45, 2.75) is 40.7 Å². The standard InChI is InChI=1S/C16H27N3O/c1-13-14(9-15(10-17)18(13)5)11-19(7-6-8-20)12-16(2,3)4/h9,20H,6-8,11-12H2,1-5H3. The summed E-state index contributed by atoms with van der Waals surface area (Å²) in [5.74, 6) is 0. The van der Waals surface area contributed by atoms with E-state index in [9.17, 15) is 0 Å². The maximum absolute atomic E-state index is 9.10. The van der Waals surface area contributed by atoms with Crippen LogP contribution < -0.4 is 0 Å². The fourth-order valence-corrected chi connectivity index (χ4v) is 2.45. The van der Waals surface area contributed by atoms with E-state index in [2.05, 4.69) is 38.7 Å². The van der Waals surface area contributed by atoms with Crippen molar-refractivity contribution in [2.24, 2.45) is 12.5 Å². The molecule has 1 aromatic rings. The highest BCUT2D eigenvalue weighted by atomic mass is 16.3. The van der Waals surface area contributed by atoms with E-state index in [1.165, 1.54) is 5.56 Å². The summed E-state index contributed by atoms with van der Waals surface area (Å²) < 4.78 is 1.94. The fourth-order valence-electron chi connectivity index (χ4n) is 2.45. The summed E-state index contributed by atoms with van der Waals surface area (Å²) in [7, 11) is 1.93. The van der Waals surface area contributed by atoms with Crippen molar-refractivity contribution in [1.82, 2.24) is 9.47 Å². The van der Waals surface area contributed by atoms with Gasteiger partial charge in [0.15, 0.2) is 0 Å². The molecular weight excluding hydrogens is 250 g/mol. The predicted octanol–water partition coefficient (Wildman–Crippen LogP) is 2.44. The van der Waals surface area contributed by atoms with E-state index in [4.69, 9.17) is 10.4 Å². The molecule has 112 valence electrons. The van der Waals surface area contributed by atoms with Gasteiger partial charge in [0.2, 0.25) is 0 Å². The molecule has 0 amide bonds.